The van der Waals surface area contributed by atoms with Gasteiger partial charge in [0, 0.05) is 23.6 Å². The quantitative estimate of drug-likeness (QED) is 0.510. The average molecular weight is 232 g/mol. The monoisotopic (exact) mass is 232 g/mol. The van der Waals surface area contributed by atoms with E-state index >= 15 is 0 Å². The second-order valence-electron chi connectivity index (χ2n) is 4.49. The summed E-state index contributed by atoms with van der Waals surface area (Å²) in [6.07, 6.45) is 4.09. The molecule has 0 fully saturated rings. The van der Waals surface area contributed by atoms with Crippen LogP contribution in [-0.2, 0) is 0 Å². The van der Waals surface area contributed by atoms with Gasteiger partial charge in [0.1, 0.15) is 0 Å². The SMILES string of the molecule is c1ccc2c(c1)ccn2-c1ccc2cc[nH]c2c1. The first-order chi connectivity index (χ1) is 8.92. The Balaban J connectivity index is 2.00. The lowest BCUT2D eigenvalue weighted by Gasteiger charge is -2.05. The molecule has 2 heterocycles. The van der Waals surface area contributed by atoms with Crippen LogP contribution in [0, 0.1) is 0 Å². The summed E-state index contributed by atoms with van der Waals surface area (Å²) in [5.74, 6) is 0. The van der Waals surface area contributed by atoms with Gasteiger partial charge in [-0.05, 0) is 41.1 Å². The fourth-order valence-electron chi connectivity index (χ4n) is 2.49. The van der Waals surface area contributed by atoms with E-state index < -0.39 is 0 Å². The van der Waals surface area contributed by atoms with Crippen molar-refractivity contribution in [1.82, 2.24) is 9.55 Å². The number of fused-ring (bicyclic) bond motifs is 2. The highest BCUT2D eigenvalue weighted by Gasteiger charge is 2.03. The smallest absolute Gasteiger partial charge is 0.0528 e. The van der Waals surface area contributed by atoms with Gasteiger partial charge < -0.3 is 9.55 Å². The van der Waals surface area contributed by atoms with Crippen molar-refractivity contribution in [2.24, 2.45) is 0 Å². The van der Waals surface area contributed by atoms with Gasteiger partial charge in [-0.2, -0.15) is 0 Å². The lowest BCUT2D eigenvalue weighted by atomic mass is 10.2. The van der Waals surface area contributed by atoms with E-state index in [0.29, 0.717) is 0 Å². The molecule has 2 aromatic carbocycles. The zero-order valence-electron chi connectivity index (χ0n) is 9.80. The van der Waals surface area contributed by atoms with E-state index in [4.69, 9.17) is 0 Å². The lowest BCUT2D eigenvalue weighted by molar-refractivity contribution is 1.13. The number of para-hydroxylation sites is 1. The molecule has 2 nitrogen and oxygen atoms in total. The average Bonchev–Trinajstić information content (AvgIpc) is 3.04. The normalized spacial score (nSPS) is 11.3. The first-order valence-corrected chi connectivity index (χ1v) is 6.05. The molecule has 0 amide bonds. The number of hydrogen-bond donors (Lipinski definition) is 1. The lowest BCUT2D eigenvalue weighted by Crippen LogP contribution is -1.90. The van der Waals surface area contributed by atoms with E-state index in [1.807, 2.05) is 6.20 Å². The van der Waals surface area contributed by atoms with Crippen LogP contribution in [-0.4, -0.2) is 9.55 Å². The van der Waals surface area contributed by atoms with Crippen molar-refractivity contribution in [3.8, 4) is 5.69 Å². The van der Waals surface area contributed by atoms with E-state index in [0.717, 1.165) is 0 Å². The van der Waals surface area contributed by atoms with Gasteiger partial charge in [0.2, 0.25) is 0 Å². The third-order valence-corrected chi connectivity index (χ3v) is 3.42. The highest BCUT2D eigenvalue weighted by Crippen LogP contribution is 2.22. The van der Waals surface area contributed by atoms with Gasteiger partial charge in [-0.1, -0.05) is 24.3 Å². The summed E-state index contributed by atoms with van der Waals surface area (Å²) in [7, 11) is 0. The van der Waals surface area contributed by atoms with Crippen LogP contribution in [0.2, 0.25) is 0 Å². The molecule has 4 aromatic rings. The third kappa shape index (κ3) is 1.29. The molecule has 0 bridgehead atoms. The number of hydrogen-bond acceptors (Lipinski definition) is 0. The summed E-state index contributed by atoms with van der Waals surface area (Å²) in [6.45, 7) is 0. The zero-order chi connectivity index (χ0) is 11.9. The van der Waals surface area contributed by atoms with Crippen molar-refractivity contribution in [3.05, 3.63) is 67.0 Å². The van der Waals surface area contributed by atoms with Crippen molar-refractivity contribution in [2.45, 2.75) is 0 Å². The first-order valence-electron chi connectivity index (χ1n) is 6.05. The van der Waals surface area contributed by atoms with Crippen molar-refractivity contribution < 1.29 is 0 Å². The molecule has 0 saturated carbocycles. The van der Waals surface area contributed by atoms with Crippen LogP contribution >= 0.6 is 0 Å². The van der Waals surface area contributed by atoms with Gasteiger partial charge in [0.05, 0.1) is 5.52 Å². The Bertz CT molecular complexity index is 836. The molecule has 0 saturated heterocycles. The molecule has 18 heavy (non-hydrogen) atoms. The molecule has 4 rings (SSSR count). The van der Waals surface area contributed by atoms with E-state index in [1.54, 1.807) is 0 Å². The minimum Gasteiger partial charge on any atom is -0.361 e. The molecule has 0 unspecified atom stereocenters. The minimum atomic E-state index is 1.17. The molecular formula is C16H12N2. The van der Waals surface area contributed by atoms with Gasteiger partial charge in [-0.3, -0.25) is 0 Å². The van der Waals surface area contributed by atoms with E-state index in [2.05, 4.69) is 70.3 Å². The maximum absolute atomic E-state index is 3.26. The molecule has 0 aliphatic carbocycles. The van der Waals surface area contributed by atoms with Crippen LogP contribution in [0.5, 0.6) is 0 Å². The Morgan fingerprint density at radius 3 is 2.78 bits per heavy atom. The summed E-state index contributed by atoms with van der Waals surface area (Å²) in [5, 5.41) is 2.51. The standard InChI is InChI=1S/C16H12N2/c1-2-4-16-13(3-1)8-10-18(16)14-6-5-12-7-9-17-15(12)11-14/h1-11,17H. The van der Waals surface area contributed by atoms with Crippen molar-refractivity contribution >= 4 is 21.8 Å². The zero-order valence-corrected chi connectivity index (χ0v) is 9.80. The predicted molar refractivity (Wildman–Crippen MR) is 75.1 cm³/mol. The molecular weight excluding hydrogens is 220 g/mol. The fraction of sp³-hybridized carbons (Fsp3) is 0. The number of aromatic nitrogens is 2. The molecule has 2 heteroatoms. The number of H-pyrrole nitrogens is 1. The fourth-order valence-corrected chi connectivity index (χ4v) is 2.49. The van der Waals surface area contributed by atoms with Crippen LogP contribution in [0.25, 0.3) is 27.5 Å². The van der Waals surface area contributed by atoms with Crippen LogP contribution < -0.4 is 0 Å². The van der Waals surface area contributed by atoms with Crippen molar-refractivity contribution in [1.29, 1.82) is 0 Å². The summed E-state index contributed by atoms with van der Waals surface area (Å²) >= 11 is 0. The summed E-state index contributed by atoms with van der Waals surface area (Å²) in [5.41, 5.74) is 3.60. The topological polar surface area (TPSA) is 20.7 Å². The number of benzene rings is 2. The second kappa shape index (κ2) is 3.50. The molecule has 0 radical (unpaired) electrons. The summed E-state index contributed by atoms with van der Waals surface area (Å²) in [6, 6.07) is 19.2. The van der Waals surface area contributed by atoms with E-state index in [1.165, 1.54) is 27.5 Å². The molecule has 0 aliphatic rings. The van der Waals surface area contributed by atoms with Crippen LogP contribution in [0.4, 0.5) is 0 Å². The number of aromatic amines is 1. The van der Waals surface area contributed by atoms with Crippen LogP contribution in [0.3, 0.4) is 0 Å². The molecule has 0 spiro atoms. The van der Waals surface area contributed by atoms with Gasteiger partial charge >= 0.3 is 0 Å². The molecule has 86 valence electrons. The Hall–Kier alpha value is -2.48. The summed E-state index contributed by atoms with van der Waals surface area (Å²) in [4.78, 5) is 3.26. The second-order valence-corrected chi connectivity index (χ2v) is 4.49. The van der Waals surface area contributed by atoms with Gasteiger partial charge in [0.15, 0.2) is 0 Å². The molecule has 2 aromatic heterocycles. The minimum absolute atomic E-state index is 1.17. The van der Waals surface area contributed by atoms with Crippen molar-refractivity contribution in [2.75, 3.05) is 0 Å². The first kappa shape index (κ1) is 9.54. The molecule has 1 N–H and O–H groups in total. The Labute approximate surface area is 104 Å². The van der Waals surface area contributed by atoms with E-state index in [-0.39, 0.29) is 0 Å². The van der Waals surface area contributed by atoms with E-state index in [9.17, 15) is 0 Å². The predicted octanol–water partition coefficient (Wildman–Crippen LogP) is 4.11. The molecule has 0 atom stereocenters. The Kier molecular flexibility index (Phi) is 1.86. The summed E-state index contributed by atoms with van der Waals surface area (Å²) < 4.78 is 2.22. The van der Waals surface area contributed by atoms with Crippen LogP contribution in [0.15, 0.2) is 67.0 Å². The van der Waals surface area contributed by atoms with Gasteiger partial charge in [-0.15, -0.1) is 0 Å². The maximum atomic E-state index is 3.26. The highest BCUT2D eigenvalue weighted by molar-refractivity contribution is 5.85. The Morgan fingerprint density at radius 1 is 0.833 bits per heavy atom. The van der Waals surface area contributed by atoms with Crippen LogP contribution in [0.1, 0.15) is 0 Å². The largest absolute Gasteiger partial charge is 0.361 e. The van der Waals surface area contributed by atoms with Gasteiger partial charge in [0.25, 0.3) is 0 Å². The van der Waals surface area contributed by atoms with Crippen molar-refractivity contribution in [3.63, 3.8) is 0 Å². The van der Waals surface area contributed by atoms with Gasteiger partial charge in [-0.25, -0.2) is 0 Å². The molecule has 0 aliphatic heterocycles. The maximum Gasteiger partial charge on any atom is 0.0528 e. The number of nitrogens with zero attached hydrogens (tertiary/aromatic N) is 1. The Morgan fingerprint density at radius 2 is 1.78 bits per heavy atom. The number of rotatable bonds is 1. The third-order valence-electron chi connectivity index (χ3n) is 3.42. The highest BCUT2D eigenvalue weighted by atomic mass is 15.0. The number of nitrogens with one attached hydrogen (secondary N) is 1.